The minimum atomic E-state index is -0.542. The van der Waals surface area contributed by atoms with Gasteiger partial charge in [0.1, 0.15) is 0 Å². The first-order chi connectivity index (χ1) is 9.56. The molecule has 4 heteroatoms. The number of rotatable bonds is 8. The fourth-order valence-electron chi connectivity index (χ4n) is 2.14. The van der Waals surface area contributed by atoms with Crippen LogP contribution in [0, 0.1) is 0 Å². The van der Waals surface area contributed by atoms with Crippen LogP contribution in [0.5, 0.6) is 0 Å². The van der Waals surface area contributed by atoms with Crippen LogP contribution in [-0.4, -0.2) is 29.2 Å². The third-order valence-electron chi connectivity index (χ3n) is 3.97. The zero-order chi connectivity index (χ0) is 15.0. The SMILES string of the molecule is CCC(CC)(CO)NC(=O)C(N)CCc1ccccc1. The van der Waals surface area contributed by atoms with E-state index in [1.807, 2.05) is 44.2 Å². The highest BCUT2D eigenvalue weighted by Gasteiger charge is 2.29. The predicted octanol–water partition coefficient (Wildman–Crippen LogP) is 1.61. The van der Waals surface area contributed by atoms with Crippen LogP contribution >= 0.6 is 0 Å². The molecule has 1 amide bonds. The highest BCUT2D eigenvalue weighted by Crippen LogP contribution is 2.14. The maximum absolute atomic E-state index is 12.1. The van der Waals surface area contributed by atoms with Crippen LogP contribution in [-0.2, 0) is 11.2 Å². The molecule has 1 rings (SSSR count). The molecular formula is C16H26N2O2. The average molecular weight is 278 g/mol. The van der Waals surface area contributed by atoms with Gasteiger partial charge in [-0.25, -0.2) is 0 Å². The zero-order valence-corrected chi connectivity index (χ0v) is 12.4. The number of benzene rings is 1. The number of hydrogen-bond donors (Lipinski definition) is 3. The fourth-order valence-corrected chi connectivity index (χ4v) is 2.14. The minimum absolute atomic E-state index is 0.0584. The van der Waals surface area contributed by atoms with E-state index in [9.17, 15) is 9.90 Å². The number of carbonyl (C=O) groups excluding carboxylic acids is 1. The summed E-state index contributed by atoms with van der Waals surface area (Å²) in [7, 11) is 0. The van der Waals surface area contributed by atoms with Crippen LogP contribution in [0.25, 0.3) is 0 Å². The van der Waals surface area contributed by atoms with Crippen molar-refractivity contribution in [3.8, 4) is 0 Å². The van der Waals surface area contributed by atoms with Crippen molar-refractivity contribution in [1.29, 1.82) is 0 Å². The summed E-state index contributed by atoms with van der Waals surface area (Å²) in [5.74, 6) is -0.182. The highest BCUT2D eigenvalue weighted by molar-refractivity contribution is 5.82. The quantitative estimate of drug-likeness (QED) is 0.676. The number of amides is 1. The number of hydrogen-bond acceptors (Lipinski definition) is 3. The van der Waals surface area contributed by atoms with Crippen molar-refractivity contribution in [3.05, 3.63) is 35.9 Å². The molecule has 0 bridgehead atoms. The normalized spacial score (nSPS) is 13.0. The molecule has 0 fully saturated rings. The molecule has 0 aliphatic rings. The van der Waals surface area contributed by atoms with Crippen LogP contribution in [0.15, 0.2) is 30.3 Å². The Labute approximate surface area is 121 Å². The van der Waals surface area contributed by atoms with E-state index in [4.69, 9.17) is 5.73 Å². The molecule has 0 aromatic heterocycles. The molecule has 0 aliphatic carbocycles. The van der Waals surface area contributed by atoms with Gasteiger partial charge in [-0.1, -0.05) is 44.2 Å². The summed E-state index contributed by atoms with van der Waals surface area (Å²) < 4.78 is 0. The molecule has 0 heterocycles. The van der Waals surface area contributed by atoms with E-state index in [1.54, 1.807) is 0 Å². The first-order valence-electron chi connectivity index (χ1n) is 7.29. The number of aryl methyl sites for hydroxylation is 1. The molecule has 0 aliphatic heterocycles. The third-order valence-corrected chi connectivity index (χ3v) is 3.97. The maximum atomic E-state index is 12.1. The van der Waals surface area contributed by atoms with Crippen molar-refractivity contribution in [3.63, 3.8) is 0 Å². The van der Waals surface area contributed by atoms with E-state index in [0.29, 0.717) is 19.3 Å². The number of nitrogens with one attached hydrogen (secondary N) is 1. The van der Waals surface area contributed by atoms with Gasteiger partial charge in [-0.2, -0.15) is 0 Å². The van der Waals surface area contributed by atoms with Gasteiger partial charge in [0.2, 0.25) is 5.91 Å². The van der Waals surface area contributed by atoms with Crippen LogP contribution in [0.3, 0.4) is 0 Å². The van der Waals surface area contributed by atoms with E-state index >= 15 is 0 Å². The molecule has 20 heavy (non-hydrogen) atoms. The Morgan fingerprint density at radius 1 is 1.30 bits per heavy atom. The lowest BCUT2D eigenvalue weighted by molar-refractivity contribution is -0.125. The van der Waals surface area contributed by atoms with Crippen LogP contribution in [0.4, 0.5) is 0 Å². The highest BCUT2D eigenvalue weighted by atomic mass is 16.3. The molecule has 4 N–H and O–H groups in total. The Bertz CT molecular complexity index is 394. The molecule has 0 saturated heterocycles. The zero-order valence-electron chi connectivity index (χ0n) is 12.4. The number of aliphatic hydroxyl groups excluding tert-OH is 1. The van der Waals surface area contributed by atoms with E-state index in [0.717, 1.165) is 6.42 Å². The van der Waals surface area contributed by atoms with Crippen molar-refractivity contribution in [2.24, 2.45) is 5.73 Å². The maximum Gasteiger partial charge on any atom is 0.237 e. The predicted molar refractivity (Wildman–Crippen MR) is 81.3 cm³/mol. The molecule has 112 valence electrons. The summed E-state index contributed by atoms with van der Waals surface area (Å²) in [5, 5.41) is 12.4. The molecule has 0 radical (unpaired) electrons. The van der Waals surface area contributed by atoms with Crippen molar-refractivity contribution in [1.82, 2.24) is 5.32 Å². The first-order valence-corrected chi connectivity index (χ1v) is 7.29. The third kappa shape index (κ3) is 4.62. The van der Waals surface area contributed by atoms with Gasteiger partial charge < -0.3 is 16.2 Å². The summed E-state index contributed by atoms with van der Waals surface area (Å²) in [6.45, 7) is 3.85. The molecular weight excluding hydrogens is 252 g/mol. The van der Waals surface area contributed by atoms with Gasteiger partial charge in [-0.3, -0.25) is 4.79 Å². The smallest absolute Gasteiger partial charge is 0.237 e. The topological polar surface area (TPSA) is 75.3 Å². The summed E-state index contributed by atoms with van der Waals surface area (Å²) in [4.78, 5) is 12.1. The number of carbonyl (C=O) groups is 1. The molecule has 1 atom stereocenters. The lowest BCUT2D eigenvalue weighted by atomic mass is 9.93. The van der Waals surface area contributed by atoms with Gasteiger partial charge in [0.15, 0.2) is 0 Å². The molecule has 1 aromatic carbocycles. The van der Waals surface area contributed by atoms with Gasteiger partial charge in [0, 0.05) is 0 Å². The van der Waals surface area contributed by atoms with Crippen LogP contribution < -0.4 is 11.1 Å². The molecule has 1 aromatic rings. The Kier molecular flexibility index (Phi) is 6.68. The molecule has 1 unspecified atom stereocenters. The molecule has 0 saturated carbocycles. The van der Waals surface area contributed by atoms with E-state index < -0.39 is 11.6 Å². The van der Waals surface area contributed by atoms with Crippen molar-refractivity contribution in [2.45, 2.75) is 51.1 Å². The van der Waals surface area contributed by atoms with Gasteiger partial charge in [-0.15, -0.1) is 0 Å². The Balaban J connectivity index is 2.50. The van der Waals surface area contributed by atoms with Crippen LogP contribution in [0.1, 0.15) is 38.7 Å². The summed E-state index contributed by atoms with van der Waals surface area (Å²) in [6.07, 6.45) is 2.76. The van der Waals surface area contributed by atoms with Gasteiger partial charge in [0.05, 0.1) is 18.2 Å². The second-order valence-corrected chi connectivity index (χ2v) is 5.27. The Morgan fingerprint density at radius 2 is 1.90 bits per heavy atom. The monoisotopic (exact) mass is 278 g/mol. The number of nitrogens with two attached hydrogens (primary N) is 1. The average Bonchev–Trinajstić information content (AvgIpc) is 2.51. The van der Waals surface area contributed by atoms with Gasteiger partial charge in [-0.05, 0) is 31.2 Å². The summed E-state index contributed by atoms with van der Waals surface area (Å²) in [6, 6.07) is 9.44. The molecule has 0 spiro atoms. The van der Waals surface area contributed by atoms with Crippen molar-refractivity contribution in [2.75, 3.05) is 6.61 Å². The summed E-state index contributed by atoms with van der Waals surface area (Å²) in [5.41, 5.74) is 6.58. The van der Waals surface area contributed by atoms with E-state index in [2.05, 4.69) is 5.32 Å². The van der Waals surface area contributed by atoms with E-state index in [1.165, 1.54) is 5.56 Å². The summed E-state index contributed by atoms with van der Waals surface area (Å²) >= 11 is 0. The minimum Gasteiger partial charge on any atom is -0.394 e. The first kappa shape index (κ1) is 16.7. The van der Waals surface area contributed by atoms with Gasteiger partial charge >= 0.3 is 0 Å². The van der Waals surface area contributed by atoms with Crippen LogP contribution in [0.2, 0.25) is 0 Å². The lowest BCUT2D eigenvalue weighted by Crippen LogP contribution is -2.55. The standard InChI is InChI=1S/C16H26N2O2/c1-3-16(4-2,12-19)18-15(20)14(17)11-10-13-8-6-5-7-9-13/h5-9,14,19H,3-4,10-12,17H2,1-2H3,(H,18,20). The largest absolute Gasteiger partial charge is 0.394 e. The Morgan fingerprint density at radius 3 is 2.40 bits per heavy atom. The Hall–Kier alpha value is -1.39. The second kappa shape index (κ2) is 8.02. The number of aliphatic hydroxyl groups is 1. The fraction of sp³-hybridized carbons (Fsp3) is 0.562. The lowest BCUT2D eigenvalue weighted by Gasteiger charge is -2.32. The molecule has 4 nitrogen and oxygen atoms in total. The van der Waals surface area contributed by atoms with Crippen molar-refractivity contribution < 1.29 is 9.90 Å². The van der Waals surface area contributed by atoms with E-state index in [-0.39, 0.29) is 12.5 Å². The van der Waals surface area contributed by atoms with Crippen molar-refractivity contribution >= 4 is 5.91 Å². The van der Waals surface area contributed by atoms with Gasteiger partial charge in [0.25, 0.3) is 0 Å². The second-order valence-electron chi connectivity index (χ2n) is 5.27.